The van der Waals surface area contributed by atoms with E-state index in [4.69, 9.17) is 11.6 Å². The molecule has 1 aromatic heterocycles. The van der Waals surface area contributed by atoms with E-state index >= 15 is 0 Å². The minimum Gasteiger partial charge on any atom is -0.355 e. The van der Waals surface area contributed by atoms with Gasteiger partial charge in [-0.05, 0) is 25.0 Å². The van der Waals surface area contributed by atoms with E-state index in [1.165, 1.54) is 37.1 Å². The molecule has 0 radical (unpaired) electrons. The quantitative estimate of drug-likeness (QED) is 0.732. The van der Waals surface area contributed by atoms with Crippen LogP contribution in [0.2, 0.25) is 5.02 Å². The number of rotatable bonds is 4. The average Bonchev–Trinajstić information content (AvgIpc) is 3.01. The molecule has 8 nitrogen and oxygen atoms in total. The molecule has 150 valence electrons. The van der Waals surface area contributed by atoms with Crippen LogP contribution in [0.1, 0.15) is 45.5 Å². The van der Waals surface area contributed by atoms with Crippen LogP contribution >= 0.6 is 11.6 Å². The summed E-state index contributed by atoms with van der Waals surface area (Å²) in [5, 5.41) is 5.06. The first-order valence-electron chi connectivity index (χ1n) is 8.83. The van der Waals surface area contributed by atoms with Gasteiger partial charge in [-0.1, -0.05) is 18.0 Å². The topological polar surface area (TPSA) is 113 Å². The number of halogens is 1. The normalized spacial score (nSPS) is 15.8. The number of hydrogen-bond acceptors (Lipinski definition) is 5. The van der Waals surface area contributed by atoms with Crippen molar-refractivity contribution in [3.8, 4) is 0 Å². The van der Waals surface area contributed by atoms with Crippen molar-refractivity contribution in [2.45, 2.75) is 19.3 Å². The number of carbonyl (C=O) groups excluding carboxylic acids is 2. The Kier molecular flexibility index (Phi) is 5.76. The maximum atomic E-state index is 13.1. The van der Waals surface area contributed by atoms with Gasteiger partial charge in [-0.25, -0.2) is 4.21 Å². The number of benzene rings is 1. The SMILES string of the molecule is CNC(=O)c1ccc(C(=O)c2c[nH]n(C)c2=O)c(Cl)c1N=S1(=O)CCCCC1. The number of amides is 1. The third kappa shape index (κ3) is 3.77. The summed E-state index contributed by atoms with van der Waals surface area (Å²) in [6.45, 7) is 0. The second kappa shape index (κ2) is 7.92. The number of aromatic amines is 1. The molecular weight excluding hydrogens is 404 g/mol. The summed E-state index contributed by atoms with van der Waals surface area (Å²) in [5.41, 5.74) is -0.368. The standard InChI is InChI=1S/C18H21ClN4O4S/c1-20-17(25)12-7-6-11(16(24)13-10-21-23(2)18(13)26)14(19)15(12)22-28(27)8-4-3-5-9-28/h6-7,10,21H,3-5,8-9H2,1-2H3,(H,20,25). The first kappa shape index (κ1) is 20.3. The molecule has 0 aliphatic carbocycles. The van der Waals surface area contributed by atoms with Crippen molar-refractivity contribution in [1.82, 2.24) is 15.1 Å². The predicted molar refractivity (Wildman–Crippen MR) is 108 cm³/mol. The molecule has 1 aromatic carbocycles. The van der Waals surface area contributed by atoms with Gasteiger partial charge in [-0.2, -0.15) is 4.36 Å². The van der Waals surface area contributed by atoms with Crippen molar-refractivity contribution < 1.29 is 13.8 Å². The lowest BCUT2D eigenvalue weighted by atomic mass is 10.0. The molecule has 0 saturated carbocycles. The van der Waals surface area contributed by atoms with E-state index in [1.54, 1.807) is 0 Å². The van der Waals surface area contributed by atoms with Crippen molar-refractivity contribution in [2.24, 2.45) is 11.4 Å². The molecule has 3 rings (SSSR count). The summed E-state index contributed by atoms with van der Waals surface area (Å²) in [7, 11) is 0.387. The summed E-state index contributed by atoms with van der Waals surface area (Å²) in [5.74, 6) is -0.193. The van der Waals surface area contributed by atoms with E-state index in [1.807, 2.05) is 0 Å². The zero-order chi connectivity index (χ0) is 20.5. The third-order valence-corrected chi connectivity index (χ3v) is 7.45. The molecule has 1 fully saturated rings. The van der Waals surface area contributed by atoms with Gasteiger partial charge in [-0.15, -0.1) is 0 Å². The Morgan fingerprint density at radius 3 is 2.39 bits per heavy atom. The van der Waals surface area contributed by atoms with E-state index in [9.17, 15) is 18.6 Å². The highest BCUT2D eigenvalue weighted by Crippen LogP contribution is 2.35. The van der Waals surface area contributed by atoms with Crippen LogP contribution in [0, 0.1) is 0 Å². The zero-order valence-corrected chi connectivity index (χ0v) is 17.2. The molecule has 1 aliphatic rings. The molecule has 1 saturated heterocycles. The summed E-state index contributed by atoms with van der Waals surface area (Å²) >= 11 is 6.46. The maximum absolute atomic E-state index is 13.1. The number of aromatic nitrogens is 2. The fourth-order valence-corrected chi connectivity index (χ4v) is 5.67. The second-order valence-corrected chi connectivity index (χ2v) is 9.54. The molecule has 10 heteroatoms. The van der Waals surface area contributed by atoms with Crippen LogP contribution in [-0.2, 0) is 16.8 Å². The van der Waals surface area contributed by atoms with E-state index in [0.29, 0.717) is 11.5 Å². The van der Waals surface area contributed by atoms with Gasteiger partial charge < -0.3 is 10.4 Å². The highest BCUT2D eigenvalue weighted by Gasteiger charge is 2.25. The molecule has 0 unspecified atom stereocenters. The van der Waals surface area contributed by atoms with Crippen molar-refractivity contribution in [1.29, 1.82) is 0 Å². The lowest BCUT2D eigenvalue weighted by Gasteiger charge is -2.17. The monoisotopic (exact) mass is 424 g/mol. The molecule has 0 spiro atoms. The average molecular weight is 425 g/mol. The summed E-state index contributed by atoms with van der Waals surface area (Å²) in [6, 6.07) is 2.80. The summed E-state index contributed by atoms with van der Waals surface area (Å²) in [4.78, 5) is 37.2. The van der Waals surface area contributed by atoms with Crippen LogP contribution in [0.25, 0.3) is 0 Å². The Bertz CT molecular complexity index is 1110. The van der Waals surface area contributed by atoms with E-state index in [2.05, 4.69) is 14.8 Å². The van der Waals surface area contributed by atoms with Gasteiger partial charge in [0.15, 0.2) is 0 Å². The smallest absolute Gasteiger partial charge is 0.277 e. The van der Waals surface area contributed by atoms with Crippen LogP contribution in [-0.4, -0.2) is 44.2 Å². The van der Waals surface area contributed by atoms with E-state index in [-0.39, 0.29) is 27.4 Å². The van der Waals surface area contributed by atoms with Gasteiger partial charge in [-0.3, -0.25) is 19.1 Å². The second-order valence-electron chi connectivity index (χ2n) is 6.62. The van der Waals surface area contributed by atoms with Crippen LogP contribution in [0.15, 0.2) is 27.5 Å². The molecule has 2 N–H and O–H groups in total. The molecule has 1 aliphatic heterocycles. The number of nitrogens with zero attached hydrogens (tertiary/aromatic N) is 2. The molecular formula is C18H21ClN4O4S. The first-order chi connectivity index (χ1) is 13.3. The Morgan fingerprint density at radius 2 is 1.82 bits per heavy atom. The fraction of sp³-hybridized carbons (Fsp3) is 0.389. The Labute approximate surface area is 167 Å². The van der Waals surface area contributed by atoms with Crippen molar-refractivity contribution in [3.63, 3.8) is 0 Å². The van der Waals surface area contributed by atoms with E-state index < -0.39 is 27.0 Å². The number of nitrogens with one attached hydrogen (secondary N) is 2. The van der Waals surface area contributed by atoms with Crippen LogP contribution in [0.5, 0.6) is 0 Å². The Hall–Kier alpha value is -2.39. The highest BCUT2D eigenvalue weighted by molar-refractivity contribution is 7.93. The number of hydrogen-bond donors (Lipinski definition) is 2. The number of H-pyrrole nitrogens is 1. The Balaban J connectivity index is 2.20. The molecule has 2 aromatic rings. The Morgan fingerprint density at radius 1 is 1.18 bits per heavy atom. The minimum atomic E-state index is -2.56. The van der Waals surface area contributed by atoms with Gasteiger partial charge in [0.2, 0.25) is 5.78 Å². The number of carbonyl (C=O) groups is 2. The maximum Gasteiger partial charge on any atom is 0.277 e. The minimum absolute atomic E-state index is 0.0311. The van der Waals surface area contributed by atoms with Gasteiger partial charge in [0.05, 0.1) is 20.3 Å². The van der Waals surface area contributed by atoms with Gasteiger partial charge in [0, 0.05) is 37.4 Å². The predicted octanol–water partition coefficient (Wildman–Crippen LogP) is 2.24. The van der Waals surface area contributed by atoms with Crippen LogP contribution in [0.4, 0.5) is 5.69 Å². The number of aryl methyl sites for hydroxylation is 1. The zero-order valence-electron chi connectivity index (χ0n) is 15.6. The molecule has 28 heavy (non-hydrogen) atoms. The fourth-order valence-electron chi connectivity index (χ4n) is 3.11. The number of ketones is 1. The van der Waals surface area contributed by atoms with Crippen molar-refractivity contribution in [3.05, 3.63) is 50.4 Å². The highest BCUT2D eigenvalue weighted by atomic mass is 35.5. The lowest BCUT2D eigenvalue weighted by Crippen LogP contribution is -2.21. The molecule has 0 atom stereocenters. The van der Waals surface area contributed by atoms with Crippen LogP contribution in [0.3, 0.4) is 0 Å². The summed E-state index contributed by atoms with van der Waals surface area (Å²) in [6.07, 6.45) is 3.85. The van der Waals surface area contributed by atoms with Crippen molar-refractivity contribution in [2.75, 3.05) is 18.6 Å². The largest absolute Gasteiger partial charge is 0.355 e. The van der Waals surface area contributed by atoms with Gasteiger partial charge in [0.1, 0.15) is 11.3 Å². The van der Waals surface area contributed by atoms with Gasteiger partial charge in [0.25, 0.3) is 11.5 Å². The van der Waals surface area contributed by atoms with Crippen LogP contribution < -0.4 is 10.9 Å². The van der Waals surface area contributed by atoms with Gasteiger partial charge >= 0.3 is 0 Å². The first-order valence-corrected chi connectivity index (χ1v) is 11.1. The molecule has 0 bridgehead atoms. The third-order valence-electron chi connectivity index (χ3n) is 4.70. The lowest BCUT2D eigenvalue weighted by molar-refractivity contribution is 0.0962. The summed E-state index contributed by atoms with van der Waals surface area (Å²) < 4.78 is 18.6. The molecule has 2 heterocycles. The van der Waals surface area contributed by atoms with Crippen molar-refractivity contribution >= 4 is 38.7 Å². The molecule has 1 amide bonds. The van der Waals surface area contributed by atoms with E-state index in [0.717, 1.165) is 19.3 Å².